The zero-order valence-electron chi connectivity index (χ0n) is 39.9. The van der Waals surface area contributed by atoms with Crippen molar-refractivity contribution in [2.24, 2.45) is 0 Å². The number of amides is 1. The van der Waals surface area contributed by atoms with E-state index >= 15 is 0 Å². The largest absolute Gasteiger partial charge is 0.432 e. The van der Waals surface area contributed by atoms with Crippen LogP contribution in [0.5, 0.6) is 5.75 Å². The Morgan fingerprint density at radius 1 is 0.518 bits per heavy atom. The lowest BCUT2D eigenvalue weighted by molar-refractivity contribution is 0.241. The molecule has 0 N–H and O–H groups in total. The molecule has 4 nitrogen and oxygen atoms in total. The second-order valence-corrected chi connectivity index (χ2v) is 23.0. The molecule has 0 saturated heterocycles. The summed E-state index contributed by atoms with van der Waals surface area (Å²) in [5, 5.41) is 0.543. The fourth-order valence-corrected chi connectivity index (χ4v) is 6.99. The first kappa shape index (κ1) is 51.2. The molecular weight excluding hydrogens is 725 g/mol. The quantitative estimate of drug-likeness (QED) is 0.195. The molecule has 0 saturated carbocycles. The van der Waals surface area contributed by atoms with Crippen LogP contribution in [0.2, 0.25) is 0 Å². The Morgan fingerprint density at radius 3 is 1.23 bits per heavy atom. The number of rotatable bonds is 3. The number of hydrogen-bond acceptors (Lipinski definition) is 4. The summed E-state index contributed by atoms with van der Waals surface area (Å²) in [5.41, 5.74) is 10.6. The number of thioether (sulfide) groups is 1. The number of thiocarbonyl (C=S) groups is 1. The van der Waals surface area contributed by atoms with E-state index in [1.54, 1.807) is 23.9 Å². The molecule has 0 aromatic heterocycles. The van der Waals surface area contributed by atoms with E-state index in [9.17, 15) is 4.79 Å². The van der Waals surface area contributed by atoms with Gasteiger partial charge in [-0.3, -0.25) is 4.79 Å². The Labute approximate surface area is 355 Å². The maximum atomic E-state index is 11.8. The molecule has 3 aromatic carbocycles. The predicted octanol–water partition coefficient (Wildman–Crippen LogP) is 14.4. The lowest BCUT2D eigenvalue weighted by atomic mass is 9.74. The molecule has 0 atom stereocenters. The molecule has 0 heterocycles. The molecule has 3 aromatic rings. The minimum Gasteiger partial charge on any atom is -0.432 e. The molecule has 0 aliphatic rings. The summed E-state index contributed by atoms with van der Waals surface area (Å²) >= 11 is 6.49. The normalized spacial score (nSPS) is 12.5. The van der Waals surface area contributed by atoms with Crippen LogP contribution in [-0.2, 0) is 38.9 Å². The topological polar surface area (TPSA) is 32.8 Å². The van der Waals surface area contributed by atoms with Gasteiger partial charge in [-0.05, 0) is 126 Å². The van der Waals surface area contributed by atoms with Crippen molar-refractivity contribution >= 4 is 34.4 Å². The van der Waals surface area contributed by atoms with Gasteiger partial charge >= 0.3 is 0 Å². The Morgan fingerprint density at radius 2 is 0.875 bits per heavy atom. The van der Waals surface area contributed by atoms with Gasteiger partial charge < -0.3 is 14.5 Å². The molecule has 0 bridgehead atoms. The highest BCUT2D eigenvalue weighted by Gasteiger charge is 2.28. The van der Waals surface area contributed by atoms with Crippen LogP contribution in [0.1, 0.15) is 170 Å². The number of nitrogens with zero attached hydrogens (tertiary/aromatic N) is 2. The van der Waals surface area contributed by atoms with E-state index in [4.69, 9.17) is 17.0 Å². The molecule has 56 heavy (non-hydrogen) atoms. The van der Waals surface area contributed by atoms with Gasteiger partial charge in [0, 0.05) is 33.1 Å². The molecule has 314 valence electrons. The van der Waals surface area contributed by atoms with Crippen LogP contribution in [0, 0.1) is 0 Å². The van der Waals surface area contributed by atoms with Crippen molar-refractivity contribution in [1.82, 2.24) is 9.80 Å². The smallest absolute Gasteiger partial charge is 0.285 e. The summed E-state index contributed by atoms with van der Waals surface area (Å²) in [6, 6.07) is 19.7. The predicted molar refractivity (Wildman–Crippen MR) is 253 cm³/mol. The van der Waals surface area contributed by atoms with Gasteiger partial charge in [-0.2, -0.15) is 0 Å². The van der Waals surface area contributed by atoms with E-state index < -0.39 is 0 Å². The number of benzene rings is 3. The highest BCUT2D eigenvalue weighted by molar-refractivity contribution is 8.13. The standard InChI is InChI=1S/2C17H27NOS.C16H26/c1-16(2,3)13-10-9-12(20-15(19)18(7)8)11-14(13)17(4,5)6;1-16(2,3)13-10-9-12(19-15(20)18(7)8)11-14(13)17(4,5)6;1-8-12-9-10-13(15(2,3)4)14(11-12)16(5,6)7/h2*9-11H,1-8H3;9-11H,8H2,1-7H3. The zero-order chi connectivity index (χ0) is 44.0. The highest BCUT2D eigenvalue weighted by Crippen LogP contribution is 2.38. The van der Waals surface area contributed by atoms with Gasteiger partial charge in [0.15, 0.2) is 0 Å². The van der Waals surface area contributed by atoms with Crippen LogP contribution in [0.3, 0.4) is 0 Å². The number of aryl methyl sites for hydroxylation is 1. The van der Waals surface area contributed by atoms with Gasteiger partial charge in [-0.15, -0.1) is 0 Å². The summed E-state index contributed by atoms with van der Waals surface area (Å²) in [4.78, 5) is 16.3. The first-order valence-corrected chi connectivity index (χ1v) is 21.5. The van der Waals surface area contributed by atoms with Gasteiger partial charge in [0.1, 0.15) is 5.75 Å². The maximum absolute atomic E-state index is 11.8. The Kier molecular flexibility index (Phi) is 17.6. The molecule has 0 unspecified atom stereocenters. The van der Waals surface area contributed by atoms with Crippen molar-refractivity contribution in [3.05, 3.63) is 93.5 Å². The van der Waals surface area contributed by atoms with Gasteiger partial charge in [0.05, 0.1) is 0 Å². The fourth-order valence-electron chi connectivity index (χ4n) is 6.19. The second kappa shape index (κ2) is 19.3. The summed E-state index contributed by atoms with van der Waals surface area (Å²) in [6.07, 6.45) is 1.12. The monoisotopic (exact) mass is 805 g/mol. The van der Waals surface area contributed by atoms with E-state index in [0.29, 0.717) is 5.17 Å². The van der Waals surface area contributed by atoms with Crippen molar-refractivity contribution in [3.63, 3.8) is 0 Å². The van der Waals surface area contributed by atoms with Gasteiger partial charge in [-0.1, -0.05) is 162 Å². The van der Waals surface area contributed by atoms with Crippen LogP contribution in [0.15, 0.2) is 59.5 Å². The van der Waals surface area contributed by atoms with E-state index in [0.717, 1.165) is 17.1 Å². The van der Waals surface area contributed by atoms with Crippen molar-refractivity contribution in [2.75, 3.05) is 28.2 Å². The van der Waals surface area contributed by atoms with E-state index in [1.807, 2.05) is 20.2 Å². The summed E-state index contributed by atoms with van der Waals surface area (Å²) in [7, 11) is 7.33. The first-order valence-electron chi connectivity index (χ1n) is 20.2. The van der Waals surface area contributed by atoms with E-state index in [-0.39, 0.29) is 37.7 Å². The maximum Gasteiger partial charge on any atom is 0.285 e. The summed E-state index contributed by atoms with van der Waals surface area (Å²) < 4.78 is 5.74. The van der Waals surface area contributed by atoms with Crippen LogP contribution < -0.4 is 4.74 Å². The number of carbonyl (C=O) groups is 1. The molecule has 0 aliphatic heterocycles. The Balaban J connectivity index is 0.000000423. The SMILES string of the molecule is CCc1ccc(C(C)(C)C)c(C(C)(C)C)c1.CN(C)C(=O)Sc1ccc(C(C)(C)C)c(C(C)(C)C)c1.CN(C)C(=S)Oc1ccc(C(C)(C)C)c(C(C)(C)C)c1. The third-order valence-electron chi connectivity index (χ3n) is 9.46. The minimum absolute atomic E-state index is 0.0633. The van der Waals surface area contributed by atoms with Gasteiger partial charge in [0.25, 0.3) is 10.4 Å². The lowest BCUT2D eigenvalue weighted by Gasteiger charge is -2.30. The van der Waals surface area contributed by atoms with E-state index in [2.05, 4.69) is 180 Å². The average Bonchev–Trinajstić information content (AvgIpc) is 3.02. The second-order valence-electron chi connectivity index (χ2n) is 21.7. The molecule has 3 rings (SSSR count). The Bertz CT molecular complexity index is 1670. The average molecular weight is 805 g/mol. The lowest BCUT2D eigenvalue weighted by Crippen LogP contribution is -2.26. The highest BCUT2D eigenvalue weighted by atomic mass is 32.2. The molecule has 0 radical (unpaired) electrons. The number of carbonyl (C=O) groups excluding carboxylic acids is 1. The summed E-state index contributed by atoms with van der Waals surface area (Å²) in [6.45, 7) is 42.8. The van der Waals surface area contributed by atoms with Crippen molar-refractivity contribution in [3.8, 4) is 5.75 Å². The third kappa shape index (κ3) is 15.8. The number of hydrogen-bond donors (Lipinski definition) is 0. The van der Waals surface area contributed by atoms with Crippen LogP contribution >= 0.6 is 24.0 Å². The third-order valence-corrected chi connectivity index (χ3v) is 10.9. The zero-order valence-corrected chi connectivity index (χ0v) is 41.6. The summed E-state index contributed by atoms with van der Waals surface area (Å²) in [5.74, 6) is 0.807. The number of ether oxygens (including phenoxy) is 1. The fraction of sp³-hybridized carbons (Fsp3) is 0.600. The van der Waals surface area contributed by atoms with Crippen LogP contribution in [-0.4, -0.2) is 48.4 Å². The van der Waals surface area contributed by atoms with Crippen molar-refractivity contribution in [1.29, 1.82) is 0 Å². The molecule has 0 spiro atoms. The van der Waals surface area contributed by atoms with E-state index in [1.165, 1.54) is 50.7 Å². The molecule has 1 amide bonds. The van der Waals surface area contributed by atoms with Gasteiger partial charge in [-0.25, -0.2) is 0 Å². The minimum atomic E-state index is 0.0633. The molecule has 0 fully saturated rings. The van der Waals surface area contributed by atoms with Crippen molar-refractivity contribution < 1.29 is 9.53 Å². The molecule has 0 aliphatic carbocycles. The Hall–Kier alpha value is -2.83. The molecule has 6 heteroatoms. The van der Waals surface area contributed by atoms with Crippen molar-refractivity contribution in [2.45, 2.75) is 175 Å². The first-order chi connectivity index (χ1) is 25.0. The van der Waals surface area contributed by atoms with Gasteiger partial charge in [0.2, 0.25) is 0 Å². The van der Waals surface area contributed by atoms with Crippen LogP contribution in [0.4, 0.5) is 4.79 Å². The van der Waals surface area contributed by atoms with Crippen LogP contribution in [0.25, 0.3) is 0 Å². The molecular formula is C50H80N2O2S2.